The van der Waals surface area contributed by atoms with E-state index in [2.05, 4.69) is 0 Å². The fourth-order valence-electron chi connectivity index (χ4n) is 1.24. The van der Waals surface area contributed by atoms with Crippen LogP contribution in [0.15, 0.2) is 23.1 Å². The molecule has 0 aliphatic heterocycles. The zero-order valence-electron chi connectivity index (χ0n) is 10.1. The molecule has 0 saturated carbocycles. The largest absolute Gasteiger partial charge is 0.446 e. The molecule has 3 nitrogen and oxygen atoms in total. The van der Waals surface area contributed by atoms with Crippen LogP contribution in [0.3, 0.4) is 0 Å². The summed E-state index contributed by atoms with van der Waals surface area (Å²) in [5.74, 6) is 0.184. The Kier molecular flexibility index (Phi) is 5.70. The van der Waals surface area contributed by atoms with E-state index in [1.54, 1.807) is 6.92 Å². The first-order chi connectivity index (χ1) is 8.63. The summed E-state index contributed by atoms with van der Waals surface area (Å²) in [4.78, 5) is 9.68. The molecule has 0 radical (unpaired) electrons. The molecule has 1 atom stereocenters. The molecule has 9 heteroatoms. The highest BCUT2D eigenvalue weighted by atomic mass is 32.5. The van der Waals surface area contributed by atoms with Crippen LogP contribution in [0.1, 0.15) is 12.5 Å². The van der Waals surface area contributed by atoms with E-state index in [1.165, 1.54) is 25.1 Å². The quantitative estimate of drug-likeness (QED) is 0.645. The number of benzene rings is 1. The van der Waals surface area contributed by atoms with Crippen LogP contribution in [0.25, 0.3) is 0 Å². The predicted molar refractivity (Wildman–Crippen MR) is 71.8 cm³/mol. The monoisotopic (exact) mass is 332 g/mol. The van der Waals surface area contributed by atoms with Crippen molar-refractivity contribution in [1.29, 1.82) is 0 Å². The molecule has 0 bridgehead atoms. The molecule has 1 unspecified atom stereocenters. The maximum atomic E-state index is 12.3. The highest BCUT2D eigenvalue weighted by Gasteiger charge is 2.30. The van der Waals surface area contributed by atoms with Gasteiger partial charge in [0.15, 0.2) is 0 Å². The Morgan fingerprint density at radius 2 is 2.05 bits per heavy atom. The Morgan fingerprint density at radius 1 is 1.42 bits per heavy atom. The van der Waals surface area contributed by atoms with Gasteiger partial charge in [0.05, 0.1) is 6.61 Å². The number of halogens is 3. The van der Waals surface area contributed by atoms with E-state index in [4.69, 9.17) is 20.9 Å². The van der Waals surface area contributed by atoms with Crippen molar-refractivity contribution in [2.45, 2.75) is 24.3 Å². The van der Waals surface area contributed by atoms with Crippen LogP contribution < -0.4 is 4.52 Å². The summed E-state index contributed by atoms with van der Waals surface area (Å²) >= 11 is 4.52. The number of rotatable bonds is 5. The Morgan fingerprint density at radius 3 is 2.53 bits per heavy atom. The number of hydrogen-bond donors (Lipinski definition) is 1. The molecular weight excluding hydrogens is 320 g/mol. The van der Waals surface area contributed by atoms with Crippen LogP contribution >= 0.6 is 18.5 Å². The van der Waals surface area contributed by atoms with E-state index >= 15 is 0 Å². The van der Waals surface area contributed by atoms with Gasteiger partial charge in [-0.1, -0.05) is 0 Å². The van der Waals surface area contributed by atoms with Gasteiger partial charge in [0.2, 0.25) is 0 Å². The first-order valence-electron chi connectivity index (χ1n) is 5.16. The summed E-state index contributed by atoms with van der Waals surface area (Å²) < 4.78 is 46.7. The normalized spacial score (nSPS) is 15.1. The molecule has 0 spiro atoms. The molecule has 0 aliphatic rings. The second-order valence-corrected chi connectivity index (χ2v) is 7.32. The molecule has 0 saturated heterocycles. The molecule has 1 aromatic rings. The van der Waals surface area contributed by atoms with Crippen molar-refractivity contribution >= 4 is 30.3 Å². The predicted octanol–water partition coefficient (Wildman–Crippen LogP) is 4.24. The molecule has 0 aliphatic carbocycles. The summed E-state index contributed by atoms with van der Waals surface area (Å²) in [6, 6.07) is 3.96. The Balaban J connectivity index is 2.85. The van der Waals surface area contributed by atoms with E-state index in [1.807, 2.05) is 0 Å². The van der Waals surface area contributed by atoms with Gasteiger partial charge in [-0.25, -0.2) is 0 Å². The van der Waals surface area contributed by atoms with Gasteiger partial charge in [0.1, 0.15) is 5.75 Å². The van der Waals surface area contributed by atoms with Crippen molar-refractivity contribution < 1.29 is 27.1 Å². The lowest BCUT2D eigenvalue weighted by Crippen LogP contribution is -2.01. The minimum atomic E-state index is -4.34. The van der Waals surface area contributed by atoms with Gasteiger partial charge in [-0.2, -0.15) is 13.2 Å². The van der Waals surface area contributed by atoms with Crippen LogP contribution in [0.4, 0.5) is 13.2 Å². The van der Waals surface area contributed by atoms with Crippen molar-refractivity contribution in [1.82, 2.24) is 0 Å². The van der Waals surface area contributed by atoms with Gasteiger partial charge >= 0.3 is 12.2 Å². The summed E-state index contributed by atoms with van der Waals surface area (Å²) in [7, 11) is 0. The number of hydrogen-bond acceptors (Lipinski definition) is 4. The topological polar surface area (TPSA) is 38.7 Å². The van der Waals surface area contributed by atoms with Gasteiger partial charge < -0.3 is 9.42 Å². The van der Waals surface area contributed by atoms with Crippen LogP contribution in [-0.2, 0) is 16.3 Å². The minimum absolute atomic E-state index is 0.0718. The number of aryl methyl sites for hydroxylation is 1. The SMILES string of the molecule is CCOP(O)(=S)Oc1ccc(SC(F)(F)F)c(C)c1. The van der Waals surface area contributed by atoms with E-state index in [0.29, 0.717) is 5.56 Å². The molecule has 0 heterocycles. The van der Waals surface area contributed by atoms with Crippen LogP contribution in [0.2, 0.25) is 0 Å². The van der Waals surface area contributed by atoms with Crippen LogP contribution in [0, 0.1) is 6.92 Å². The highest BCUT2D eigenvalue weighted by molar-refractivity contribution is 8.07. The van der Waals surface area contributed by atoms with Crippen molar-refractivity contribution in [3.8, 4) is 5.75 Å². The molecule has 1 aromatic carbocycles. The fourth-order valence-corrected chi connectivity index (χ4v) is 3.18. The Labute approximate surface area is 118 Å². The summed E-state index contributed by atoms with van der Waals surface area (Å²) in [5.41, 5.74) is -3.96. The van der Waals surface area contributed by atoms with Crippen molar-refractivity contribution in [3.63, 3.8) is 0 Å². The molecule has 19 heavy (non-hydrogen) atoms. The maximum absolute atomic E-state index is 12.3. The first-order valence-corrected chi connectivity index (χ1v) is 8.57. The molecule has 1 rings (SSSR count). The third kappa shape index (κ3) is 6.14. The second kappa shape index (κ2) is 6.45. The van der Waals surface area contributed by atoms with Crippen molar-refractivity contribution in [2.75, 3.05) is 6.61 Å². The average molecular weight is 332 g/mol. The minimum Gasteiger partial charge on any atom is -0.424 e. The van der Waals surface area contributed by atoms with Crippen LogP contribution in [-0.4, -0.2) is 17.0 Å². The highest BCUT2D eigenvalue weighted by Crippen LogP contribution is 2.45. The first kappa shape index (κ1) is 16.8. The van der Waals surface area contributed by atoms with E-state index < -0.39 is 12.2 Å². The maximum Gasteiger partial charge on any atom is 0.446 e. The zero-order valence-corrected chi connectivity index (χ0v) is 12.6. The second-order valence-electron chi connectivity index (χ2n) is 3.45. The third-order valence-corrected chi connectivity index (χ3v) is 4.36. The zero-order chi connectivity index (χ0) is 14.7. The Hall–Kier alpha value is -0.270. The molecule has 0 amide bonds. The van der Waals surface area contributed by atoms with Gasteiger partial charge in [0.25, 0.3) is 0 Å². The Bertz CT molecular complexity index is 493. The van der Waals surface area contributed by atoms with Gasteiger partial charge in [-0.3, -0.25) is 4.52 Å². The lowest BCUT2D eigenvalue weighted by atomic mass is 10.2. The summed E-state index contributed by atoms with van der Waals surface area (Å²) in [5, 5.41) is 0. The fraction of sp³-hybridized carbons (Fsp3) is 0.400. The standard InChI is InChI=1S/C10H12F3O3PS2/c1-3-15-17(14,18)16-8-4-5-9(7(2)6-8)19-10(11,12)13/h4-6H,3H2,1-2H3,(H,14,18). The molecule has 0 fully saturated rings. The van der Waals surface area contributed by atoms with E-state index in [0.717, 1.165) is 0 Å². The lowest BCUT2D eigenvalue weighted by molar-refractivity contribution is -0.0328. The van der Waals surface area contributed by atoms with Gasteiger partial charge in [0, 0.05) is 16.7 Å². The van der Waals surface area contributed by atoms with Gasteiger partial charge in [-0.05, 0) is 49.4 Å². The molecular formula is C10H12F3O3PS2. The smallest absolute Gasteiger partial charge is 0.424 e. The lowest BCUT2D eigenvalue weighted by Gasteiger charge is -2.16. The molecule has 1 N–H and O–H groups in total. The summed E-state index contributed by atoms with van der Waals surface area (Å²) in [6.07, 6.45) is 0. The number of thioether (sulfide) groups is 1. The molecule has 108 valence electrons. The third-order valence-electron chi connectivity index (χ3n) is 1.89. The average Bonchev–Trinajstić information content (AvgIpc) is 2.19. The van der Waals surface area contributed by atoms with Crippen LogP contribution in [0.5, 0.6) is 5.75 Å². The summed E-state index contributed by atoms with van der Waals surface area (Å²) in [6.45, 7) is -0.0327. The van der Waals surface area contributed by atoms with E-state index in [-0.39, 0.29) is 29.0 Å². The van der Waals surface area contributed by atoms with E-state index in [9.17, 15) is 18.1 Å². The van der Waals surface area contributed by atoms with Gasteiger partial charge in [-0.15, -0.1) is 0 Å². The van der Waals surface area contributed by atoms with Crippen molar-refractivity contribution in [3.05, 3.63) is 23.8 Å². The number of alkyl halides is 3. The molecule has 0 aromatic heterocycles. The van der Waals surface area contributed by atoms with Crippen molar-refractivity contribution in [2.24, 2.45) is 0 Å².